The van der Waals surface area contributed by atoms with E-state index in [0.717, 1.165) is 44.9 Å². The van der Waals surface area contributed by atoms with Crippen LogP contribution < -0.4 is 0 Å². The highest BCUT2D eigenvalue weighted by molar-refractivity contribution is 5.85. The minimum atomic E-state index is -0.718. The van der Waals surface area contributed by atoms with Crippen molar-refractivity contribution in [2.75, 3.05) is 0 Å². The number of carbonyl (C=O) groups is 2. The Hall–Kier alpha value is -1.06. The zero-order valence-electron chi connectivity index (χ0n) is 13.2. The lowest BCUT2D eigenvalue weighted by atomic mass is 9.77. The van der Waals surface area contributed by atoms with Crippen molar-refractivity contribution >= 4 is 11.9 Å². The van der Waals surface area contributed by atoms with Gasteiger partial charge >= 0.3 is 5.97 Å². The number of rotatable bonds is 4. The standard InChI is InChI=1S/C17H27NO3/c1-11(2)10-17(7-3-4-8-17)16(21)18-12-5-6-14(18)13(9-12)15(19)20/h11-14H,3-10H2,1-2H3,(H,19,20). The first-order valence-electron chi connectivity index (χ1n) is 8.50. The molecule has 0 aromatic rings. The third kappa shape index (κ3) is 2.36. The molecule has 2 aliphatic heterocycles. The number of carboxylic acids is 1. The van der Waals surface area contributed by atoms with Crippen molar-refractivity contribution in [3.05, 3.63) is 0 Å². The van der Waals surface area contributed by atoms with Crippen LogP contribution in [0, 0.1) is 17.3 Å². The largest absolute Gasteiger partial charge is 0.481 e. The molecule has 3 aliphatic rings. The molecule has 0 spiro atoms. The molecule has 4 heteroatoms. The molecule has 1 N–H and O–H groups in total. The molecule has 3 rings (SSSR count). The lowest BCUT2D eigenvalue weighted by molar-refractivity contribution is -0.146. The van der Waals surface area contributed by atoms with E-state index in [1.54, 1.807) is 0 Å². The van der Waals surface area contributed by atoms with E-state index in [-0.39, 0.29) is 29.3 Å². The fourth-order valence-corrected chi connectivity index (χ4v) is 5.18. The Morgan fingerprint density at radius 1 is 1.24 bits per heavy atom. The van der Waals surface area contributed by atoms with Gasteiger partial charge in [-0.1, -0.05) is 26.7 Å². The van der Waals surface area contributed by atoms with Crippen LogP contribution in [-0.4, -0.2) is 34.0 Å². The number of amides is 1. The molecule has 1 saturated carbocycles. The van der Waals surface area contributed by atoms with Gasteiger partial charge in [-0.15, -0.1) is 0 Å². The summed E-state index contributed by atoms with van der Waals surface area (Å²) >= 11 is 0. The van der Waals surface area contributed by atoms with Gasteiger partial charge in [-0.3, -0.25) is 9.59 Å². The summed E-state index contributed by atoms with van der Waals surface area (Å²) in [6, 6.07) is 0.151. The molecule has 2 heterocycles. The van der Waals surface area contributed by atoms with Crippen LogP contribution in [-0.2, 0) is 9.59 Å². The first-order chi connectivity index (χ1) is 9.94. The first-order valence-corrected chi connectivity index (χ1v) is 8.50. The van der Waals surface area contributed by atoms with Gasteiger partial charge in [0.05, 0.1) is 5.92 Å². The lowest BCUT2D eigenvalue weighted by Crippen LogP contribution is -2.46. The van der Waals surface area contributed by atoms with Crippen molar-refractivity contribution in [2.24, 2.45) is 17.3 Å². The highest BCUT2D eigenvalue weighted by Gasteiger charge is 2.55. The van der Waals surface area contributed by atoms with Crippen LogP contribution in [0.1, 0.15) is 65.2 Å². The van der Waals surface area contributed by atoms with E-state index in [1.165, 1.54) is 0 Å². The van der Waals surface area contributed by atoms with Gasteiger partial charge in [0, 0.05) is 17.5 Å². The highest BCUT2D eigenvalue weighted by atomic mass is 16.4. The van der Waals surface area contributed by atoms with Gasteiger partial charge in [-0.2, -0.15) is 0 Å². The molecule has 1 aliphatic carbocycles. The van der Waals surface area contributed by atoms with Crippen LogP contribution in [0.15, 0.2) is 0 Å². The Balaban J connectivity index is 1.83. The molecule has 0 aromatic carbocycles. The Morgan fingerprint density at radius 3 is 2.43 bits per heavy atom. The van der Waals surface area contributed by atoms with E-state index in [2.05, 4.69) is 13.8 Å². The molecule has 3 atom stereocenters. The van der Waals surface area contributed by atoms with Gasteiger partial charge < -0.3 is 10.0 Å². The van der Waals surface area contributed by atoms with Crippen molar-refractivity contribution in [3.8, 4) is 0 Å². The predicted molar refractivity (Wildman–Crippen MR) is 79.8 cm³/mol. The first kappa shape index (κ1) is 14.9. The van der Waals surface area contributed by atoms with Crippen molar-refractivity contribution in [3.63, 3.8) is 0 Å². The van der Waals surface area contributed by atoms with Crippen molar-refractivity contribution in [1.82, 2.24) is 4.90 Å². The maximum Gasteiger partial charge on any atom is 0.308 e. The molecule has 118 valence electrons. The van der Waals surface area contributed by atoms with Gasteiger partial charge in [0.15, 0.2) is 0 Å². The van der Waals surface area contributed by atoms with E-state index in [9.17, 15) is 14.7 Å². The summed E-state index contributed by atoms with van der Waals surface area (Å²) in [4.78, 5) is 26.7. The fraction of sp³-hybridized carbons (Fsp3) is 0.882. The van der Waals surface area contributed by atoms with Crippen LogP contribution in [0.5, 0.6) is 0 Å². The smallest absolute Gasteiger partial charge is 0.308 e. The second-order valence-corrected chi connectivity index (χ2v) is 7.78. The average Bonchev–Trinajstić information content (AvgIpc) is 3.10. The van der Waals surface area contributed by atoms with Gasteiger partial charge in [0.25, 0.3) is 0 Å². The number of aliphatic carboxylic acids is 1. The van der Waals surface area contributed by atoms with Gasteiger partial charge in [-0.05, 0) is 44.4 Å². The quantitative estimate of drug-likeness (QED) is 0.866. The SMILES string of the molecule is CC(C)CC1(C(=O)N2C3CCC2C(C(=O)O)C3)CCCC1. The van der Waals surface area contributed by atoms with Crippen molar-refractivity contribution in [1.29, 1.82) is 0 Å². The molecule has 0 aromatic heterocycles. The molecule has 3 unspecified atom stereocenters. The molecular weight excluding hydrogens is 266 g/mol. The summed E-state index contributed by atoms with van der Waals surface area (Å²) in [6.45, 7) is 4.37. The molecule has 2 bridgehead atoms. The van der Waals surface area contributed by atoms with Crippen LogP contribution >= 0.6 is 0 Å². The number of fused-ring (bicyclic) bond motifs is 2. The van der Waals surface area contributed by atoms with Gasteiger partial charge in [0.1, 0.15) is 0 Å². The Labute approximate surface area is 126 Å². The van der Waals surface area contributed by atoms with Crippen LogP contribution in [0.3, 0.4) is 0 Å². The molecule has 2 saturated heterocycles. The predicted octanol–water partition coefficient (Wildman–Crippen LogP) is 3.06. The van der Waals surface area contributed by atoms with Crippen LogP contribution in [0.4, 0.5) is 0 Å². The molecule has 21 heavy (non-hydrogen) atoms. The maximum absolute atomic E-state index is 13.3. The zero-order valence-corrected chi connectivity index (χ0v) is 13.2. The molecule has 1 amide bonds. The third-order valence-electron chi connectivity index (χ3n) is 5.90. The summed E-state index contributed by atoms with van der Waals surface area (Å²) in [5.74, 6) is -0.248. The van der Waals surface area contributed by atoms with Crippen LogP contribution in [0.2, 0.25) is 0 Å². The monoisotopic (exact) mass is 293 g/mol. The summed E-state index contributed by atoms with van der Waals surface area (Å²) in [7, 11) is 0. The number of hydrogen-bond acceptors (Lipinski definition) is 2. The number of hydrogen-bond donors (Lipinski definition) is 1. The minimum absolute atomic E-state index is 0.0374. The molecule has 4 nitrogen and oxygen atoms in total. The Morgan fingerprint density at radius 2 is 1.90 bits per heavy atom. The minimum Gasteiger partial charge on any atom is -0.481 e. The average molecular weight is 293 g/mol. The zero-order chi connectivity index (χ0) is 15.2. The summed E-state index contributed by atoms with van der Waals surface area (Å²) in [5, 5.41) is 9.37. The molecular formula is C17H27NO3. The van der Waals surface area contributed by atoms with Crippen molar-refractivity contribution in [2.45, 2.75) is 77.3 Å². The van der Waals surface area contributed by atoms with Crippen LogP contribution in [0.25, 0.3) is 0 Å². The maximum atomic E-state index is 13.3. The summed E-state index contributed by atoms with van der Waals surface area (Å²) in [5.41, 5.74) is -0.192. The Bertz CT molecular complexity index is 439. The number of nitrogens with zero attached hydrogens (tertiary/aromatic N) is 1. The van der Waals surface area contributed by atoms with E-state index >= 15 is 0 Å². The summed E-state index contributed by atoms with van der Waals surface area (Å²) < 4.78 is 0. The second kappa shape index (κ2) is 5.29. The molecule has 0 radical (unpaired) electrons. The van der Waals surface area contributed by atoms with Crippen molar-refractivity contribution < 1.29 is 14.7 Å². The van der Waals surface area contributed by atoms with E-state index in [0.29, 0.717) is 12.3 Å². The molecule has 3 fully saturated rings. The normalized spacial score (nSPS) is 33.9. The highest BCUT2D eigenvalue weighted by Crippen LogP contribution is 2.50. The van der Waals surface area contributed by atoms with E-state index in [4.69, 9.17) is 0 Å². The topological polar surface area (TPSA) is 57.6 Å². The number of carbonyl (C=O) groups excluding carboxylic acids is 1. The summed E-state index contributed by atoms with van der Waals surface area (Å²) in [6.07, 6.45) is 7.79. The van der Waals surface area contributed by atoms with E-state index < -0.39 is 5.97 Å². The number of carboxylic acid groups (broad SMARTS) is 1. The van der Waals surface area contributed by atoms with E-state index in [1.807, 2.05) is 4.90 Å². The Kier molecular flexibility index (Phi) is 3.74. The third-order valence-corrected chi connectivity index (χ3v) is 5.90. The van der Waals surface area contributed by atoms with Gasteiger partial charge in [-0.25, -0.2) is 0 Å². The second-order valence-electron chi connectivity index (χ2n) is 7.78. The fourth-order valence-electron chi connectivity index (χ4n) is 5.18. The lowest BCUT2D eigenvalue weighted by Gasteiger charge is -2.36. The van der Waals surface area contributed by atoms with Gasteiger partial charge in [0.2, 0.25) is 5.91 Å².